The summed E-state index contributed by atoms with van der Waals surface area (Å²) in [6.45, 7) is 0. The zero-order valence-electron chi connectivity index (χ0n) is 10.2. The van der Waals surface area contributed by atoms with Crippen molar-refractivity contribution in [1.29, 1.82) is 0 Å². The lowest BCUT2D eigenvalue weighted by Gasteiger charge is -2.04. The van der Waals surface area contributed by atoms with Gasteiger partial charge in [0, 0.05) is 11.1 Å². The highest BCUT2D eigenvalue weighted by atomic mass is 32.2. The number of hydrogen-bond donors (Lipinski definition) is 2. The molecular formula is C11H13NO5S2. The molecule has 1 aliphatic rings. The fraction of sp³-hybridized carbons (Fsp3) is 0.455. The Hall–Kier alpha value is -1.41. The Morgan fingerprint density at radius 2 is 2.05 bits per heavy atom. The van der Waals surface area contributed by atoms with Crippen LogP contribution in [-0.2, 0) is 27.5 Å². The first-order chi connectivity index (χ1) is 8.78. The van der Waals surface area contributed by atoms with Crippen LogP contribution in [0.25, 0.3) is 0 Å². The SMILES string of the molecule is CS(=O)(=O)CC(=O)Nc1sc2c(c1C(=O)O)CCC2. The number of sulfone groups is 1. The molecule has 6 nitrogen and oxygen atoms in total. The van der Waals surface area contributed by atoms with Crippen molar-refractivity contribution >= 4 is 38.1 Å². The lowest BCUT2D eigenvalue weighted by atomic mass is 10.1. The van der Waals surface area contributed by atoms with Crippen molar-refractivity contribution in [3.05, 3.63) is 16.0 Å². The Morgan fingerprint density at radius 3 is 2.63 bits per heavy atom. The number of carbonyl (C=O) groups excluding carboxylic acids is 1. The van der Waals surface area contributed by atoms with Gasteiger partial charge < -0.3 is 10.4 Å². The molecule has 0 unspecified atom stereocenters. The fourth-order valence-electron chi connectivity index (χ4n) is 2.12. The van der Waals surface area contributed by atoms with Gasteiger partial charge in [-0.05, 0) is 24.8 Å². The summed E-state index contributed by atoms with van der Waals surface area (Å²) in [6.07, 6.45) is 3.37. The lowest BCUT2D eigenvalue weighted by molar-refractivity contribution is -0.113. The molecule has 0 fully saturated rings. The third-order valence-electron chi connectivity index (χ3n) is 2.78. The molecule has 2 rings (SSSR count). The molecule has 104 valence electrons. The Balaban J connectivity index is 2.26. The lowest BCUT2D eigenvalue weighted by Crippen LogP contribution is -2.22. The Kier molecular flexibility index (Phi) is 3.64. The van der Waals surface area contributed by atoms with Crippen LogP contribution < -0.4 is 5.32 Å². The molecule has 8 heteroatoms. The molecule has 19 heavy (non-hydrogen) atoms. The Bertz CT molecular complexity index is 644. The minimum Gasteiger partial charge on any atom is -0.478 e. The number of fused-ring (bicyclic) bond motifs is 1. The molecule has 2 N–H and O–H groups in total. The largest absolute Gasteiger partial charge is 0.478 e. The maximum Gasteiger partial charge on any atom is 0.339 e. The van der Waals surface area contributed by atoms with E-state index in [-0.39, 0.29) is 10.6 Å². The second-order valence-corrected chi connectivity index (χ2v) is 7.73. The highest BCUT2D eigenvalue weighted by molar-refractivity contribution is 7.91. The van der Waals surface area contributed by atoms with Gasteiger partial charge in [-0.3, -0.25) is 4.79 Å². The predicted molar refractivity (Wildman–Crippen MR) is 71.6 cm³/mol. The van der Waals surface area contributed by atoms with Crippen LogP contribution in [0.3, 0.4) is 0 Å². The number of carboxylic acid groups (broad SMARTS) is 1. The van der Waals surface area contributed by atoms with Crippen molar-refractivity contribution in [3.63, 3.8) is 0 Å². The topological polar surface area (TPSA) is 101 Å². The third kappa shape index (κ3) is 3.13. The first kappa shape index (κ1) is 14.0. The molecule has 1 aromatic heterocycles. The average molecular weight is 303 g/mol. The van der Waals surface area contributed by atoms with Crippen LogP contribution in [0.1, 0.15) is 27.2 Å². The summed E-state index contributed by atoms with van der Waals surface area (Å²) in [4.78, 5) is 23.8. The smallest absolute Gasteiger partial charge is 0.339 e. The molecule has 1 heterocycles. The van der Waals surface area contributed by atoms with Crippen LogP contribution in [0, 0.1) is 0 Å². The number of thiophene rings is 1. The monoisotopic (exact) mass is 303 g/mol. The minimum atomic E-state index is -3.43. The highest BCUT2D eigenvalue weighted by Gasteiger charge is 2.27. The van der Waals surface area contributed by atoms with Gasteiger partial charge >= 0.3 is 5.97 Å². The predicted octanol–water partition coefficient (Wildman–Crippen LogP) is 0.918. The summed E-state index contributed by atoms with van der Waals surface area (Å²) < 4.78 is 22.0. The molecule has 0 aromatic carbocycles. The summed E-state index contributed by atoms with van der Waals surface area (Å²) in [5.41, 5.74) is 0.881. The summed E-state index contributed by atoms with van der Waals surface area (Å²) in [5.74, 6) is -2.44. The van der Waals surface area contributed by atoms with Crippen LogP contribution in [-0.4, -0.2) is 37.4 Å². The molecule has 0 saturated carbocycles. The van der Waals surface area contributed by atoms with Gasteiger partial charge in [-0.25, -0.2) is 13.2 Å². The normalized spacial score (nSPS) is 14.2. The van der Waals surface area contributed by atoms with Crippen LogP contribution in [0.2, 0.25) is 0 Å². The summed E-state index contributed by atoms with van der Waals surface area (Å²) in [5, 5.41) is 11.8. The maximum absolute atomic E-state index is 11.6. The van der Waals surface area contributed by atoms with Crippen LogP contribution in [0.5, 0.6) is 0 Å². The minimum absolute atomic E-state index is 0.111. The molecule has 0 bridgehead atoms. The van der Waals surface area contributed by atoms with Crippen LogP contribution in [0.4, 0.5) is 5.00 Å². The number of anilines is 1. The summed E-state index contributed by atoms with van der Waals surface area (Å²) >= 11 is 1.22. The molecule has 0 spiro atoms. The number of aromatic carboxylic acids is 1. The Morgan fingerprint density at radius 1 is 1.37 bits per heavy atom. The van der Waals surface area contributed by atoms with Gasteiger partial charge in [-0.2, -0.15) is 0 Å². The second kappa shape index (κ2) is 4.93. The molecular weight excluding hydrogens is 290 g/mol. The van der Waals surface area contributed by atoms with E-state index in [9.17, 15) is 23.1 Å². The van der Waals surface area contributed by atoms with Crippen molar-refractivity contribution in [3.8, 4) is 0 Å². The van der Waals surface area contributed by atoms with Gasteiger partial charge in [0.15, 0.2) is 9.84 Å². The summed E-state index contributed by atoms with van der Waals surface area (Å²) in [6, 6.07) is 0. The number of hydrogen-bond acceptors (Lipinski definition) is 5. The van der Waals surface area contributed by atoms with E-state index in [1.807, 2.05) is 0 Å². The number of amides is 1. The first-order valence-corrected chi connectivity index (χ1v) is 8.51. The number of rotatable bonds is 4. The zero-order chi connectivity index (χ0) is 14.2. The van der Waals surface area contributed by atoms with E-state index in [0.29, 0.717) is 6.42 Å². The van der Waals surface area contributed by atoms with E-state index in [0.717, 1.165) is 29.5 Å². The number of aryl methyl sites for hydroxylation is 1. The average Bonchev–Trinajstić information content (AvgIpc) is 2.72. The molecule has 0 radical (unpaired) electrons. The molecule has 1 amide bonds. The van der Waals surface area contributed by atoms with Crippen LogP contribution in [0.15, 0.2) is 0 Å². The van der Waals surface area contributed by atoms with Gasteiger partial charge in [0.25, 0.3) is 0 Å². The number of carbonyl (C=O) groups is 2. The molecule has 1 aliphatic carbocycles. The first-order valence-electron chi connectivity index (χ1n) is 5.63. The maximum atomic E-state index is 11.6. The van der Waals surface area contributed by atoms with Crippen molar-refractivity contribution in [1.82, 2.24) is 0 Å². The van der Waals surface area contributed by atoms with E-state index in [1.165, 1.54) is 11.3 Å². The molecule has 1 aromatic rings. The van der Waals surface area contributed by atoms with E-state index in [2.05, 4.69) is 5.32 Å². The molecule has 0 atom stereocenters. The van der Waals surface area contributed by atoms with Crippen molar-refractivity contribution in [2.75, 3.05) is 17.3 Å². The van der Waals surface area contributed by atoms with E-state index in [4.69, 9.17) is 0 Å². The van der Waals surface area contributed by atoms with Gasteiger partial charge in [0.1, 0.15) is 10.8 Å². The van der Waals surface area contributed by atoms with Gasteiger partial charge in [-0.1, -0.05) is 0 Å². The van der Waals surface area contributed by atoms with Gasteiger partial charge in [0.2, 0.25) is 5.91 Å². The molecule has 0 saturated heterocycles. The Labute approximate surface area is 114 Å². The molecule has 0 aliphatic heterocycles. The van der Waals surface area contributed by atoms with E-state index >= 15 is 0 Å². The van der Waals surface area contributed by atoms with Gasteiger partial charge in [-0.15, -0.1) is 11.3 Å². The van der Waals surface area contributed by atoms with Crippen LogP contribution >= 0.6 is 11.3 Å². The summed E-state index contributed by atoms with van der Waals surface area (Å²) in [7, 11) is -3.43. The van der Waals surface area contributed by atoms with Crippen molar-refractivity contribution in [2.45, 2.75) is 19.3 Å². The van der Waals surface area contributed by atoms with Gasteiger partial charge in [0.05, 0.1) is 5.56 Å². The quantitative estimate of drug-likeness (QED) is 0.861. The van der Waals surface area contributed by atoms with Crippen molar-refractivity contribution in [2.24, 2.45) is 0 Å². The van der Waals surface area contributed by atoms with E-state index in [1.54, 1.807) is 0 Å². The highest BCUT2D eigenvalue weighted by Crippen LogP contribution is 2.38. The van der Waals surface area contributed by atoms with E-state index < -0.39 is 27.5 Å². The fourth-order valence-corrected chi connectivity index (χ4v) is 3.97. The second-order valence-electron chi connectivity index (χ2n) is 4.48. The number of carboxylic acids is 1. The zero-order valence-corrected chi connectivity index (χ0v) is 11.9. The standard InChI is InChI=1S/C11H13NO5S2/c1-19(16,17)5-8(13)12-10-9(11(14)15)6-3-2-4-7(6)18-10/h2-5H2,1H3,(H,12,13)(H,14,15). The van der Waals surface area contributed by atoms with Crippen molar-refractivity contribution < 1.29 is 23.1 Å². The third-order valence-corrected chi connectivity index (χ3v) is 4.78. The number of nitrogens with one attached hydrogen (secondary N) is 1.